The van der Waals surface area contributed by atoms with Crippen LogP contribution in [0.2, 0.25) is 0 Å². The van der Waals surface area contributed by atoms with Crippen molar-refractivity contribution in [3.05, 3.63) is 32.7 Å². The lowest BCUT2D eigenvalue weighted by atomic mass is 10.2. The molecule has 0 aliphatic rings. The summed E-state index contributed by atoms with van der Waals surface area (Å²) in [5.41, 5.74) is 1.28. The maximum atomic E-state index is 5.05. The molecule has 0 bridgehead atoms. The maximum Gasteiger partial charge on any atom is 0.0476 e. The molecule has 1 aromatic rings. The zero-order valence-electron chi connectivity index (χ0n) is 9.59. The van der Waals surface area contributed by atoms with Crippen molar-refractivity contribution in [2.45, 2.75) is 25.9 Å². The van der Waals surface area contributed by atoms with E-state index in [0.717, 1.165) is 28.5 Å². The molecule has 1 atom stereocenters. The van der Waals surface area contributed by atoms with Gasteiger partial charge in [0.15, 0.2) is 0 Å². The molecule has 0 spiro atoms. The summed E-state index contributed by atoms with van der Waals surface area (Å²) < 4.78 is 7.23. The van der Waals surface area contributed by atoms with Gasteiger partial charge in [0.05, 0.1) is 0 Å². The number of methoxy groups -OCH3 is 1. The summed E-state index contributed by atoms with van der Waals surface area (Å²) in [5, 5.41) is 3.46. The van der Waals surface area contributed by atoms with Gasteiger partial charge in [-0.2, -0.15) is 0 Å². The molecule has 16 heavy (non-hydrogen) atoms. The maximum absolute atomic E-state index is 5.05. The van der Waals surface area contributed by atoms with Crippen molar-refractivity contribution >= 4 is 31.9 Å². The van der Waals surface area contributed by atoms with Crippen LogP contribution in [-0.2, 0) is 11.3 Å². The van der Waals surface area contributed by atoms with E-state index < -0.39 is 0 Å². The minimum atomic E-state index is 0.474. The van der Waals surface area contributed by atoms with Crippen molar-refractivity contribution in [1.82, 2.24) is 5.32 Å². The average molecular weight is 351 g/mol. The third-order valence-corrected chi connectivity index (χ3v) is 4.27. The Balaban J connectivity index is 2.39. The molecule has 0 aliphatic carbocycles. The Bertz CT molecular complexity index is 331. The number of benzene rings is 1. The van der Waals surface area contributed by atoms with Gasteiger partial charge in [0.1, 0.15) is 0 Å². The molecule has 1 aromatic carbocycles. The van der Waals surface area contributed by atoms with E-state index in [4.69, 9.17) is 4.74 Å². The van der Waals surface area contributed by atoms with Crippen molar-refractivity contribution in [3.63, 3.8) is 0 Å². The minimum Gasteiger partial charge on any atom is -0.385 e. The lowest BCUT2D eigenvalue weighted by Crippen LogP contribution is -2.26. The van der Waals surface area contributed by atoms with Crippen LogP contribution in [0.5, 0.6) is 0 Å². The first-order valence-corrected chi connectivity index (χ1v) is 6.88. The lowest BCUT2D eigenvalue weighted by molar-refractivity contribution is 0.184. The van der Waals surface area contributed by atoms with Gasteiger partial charge in [-0.15, -0.1) is 0 Å². The topological polar surface area (TPSA) is 21.3 Å². The predicted molar refractivity (Wildman–Crippen MR) is 74.6 cm³/mol. The minimum absolute atomic E-state index is 0.474. The van der Waals surface area contributed by atoms with Gasteiger partial charge < -0.3 is 10.1 Å². The highest BCUT2D eigenvalue weighted by molar-refractivity contribution is 9.13. The first-order chi connectivity index (χ1) is 7.63. The Kier molecular flexibility index (Phi) is 6.58. The second-order valence-corrected chi connectivity index (χ2v) is 5.52. The van der Waals surface area contributed by atoms with Gasteiger partial charge in [0.2, 0.25) is 0 Å². The van der Waals surface area contributed by atoms with Gasteiger partial charge in [-0.05, 0) is 62.9 Å². The quantitative estimate of drug-likeness (QED) is 0.844. The summed E-state index contributed by atoms with van der Waals surface area (Å²) in [6.45, 7) is 3.86. The summed E-state index contributed by atoms with van der Waals surface area (Å²) in [5.74, 6) is 0. The van der Waals surface area contributed by atoms with Crippen molar-refractivity contribution in [2.24, 2.45) is 0 Å². The number of nitrogens with one attached hydrogen (secondary N) is 1. The van der Waals surface area contributed by atoms with Crippen LogP contribution in [0.1, 0.15) is 18.9 Å². The summed E-state index contributed by atoms with van der Waals surface area (Å²) in [6, 6.07) is 6.77. The molecule has 1 rings (SSSR count). The fourth-order valence-electron chi connectivity index (χ4n) is 1.34. The molecule has 0 aromatic heterocycles. The molecular formula is C12H17Br2NO. The molecular weight excluding hydrogens is 334 g/mol. The first kappa shape index (κ1) is 14.2. The monoisotopic (exact) mass is 349 g/mol. The fraction of sp³-hybridized carbons (Fsp3) is 0.500. The van der Waals surface area contributed by atoms with Crippen LogP contribution >= 0.6 is 31.9 Å². The molecule has 1 unspecified atom stereocenters. The molecule has 0 saturated heterocycles. The summed E-state index contributed by atoms with van der Waals surface area (Å²) in [4.78, 5) is 0. The van der Waals surface area contributed by atoms with Crippen LogP contribution in [0.25, 0.3) is 0 Å². The second kappa shape index (κ2) is 7.43. The van der Waals surface area contributed by atoms with Crippen LogP contribution in [0.4, 0.5) is 0 Å². The van der Waals surface area contributed by atoms with Gasteiger partial charge in [-0.25, -0.2) is 0 Å². The van der Waals surface area contributed by atoms with E-state index >= 15 is 0 Å². The Morgan fingerprint density at radius 3 is 2.69 bits per heavy atom. The third-order valence-electron chi connectivity index (χ3n) is 2.39. The predicted octanol–water partition coefficient (Wildman–Crippen LogP) is 3.73. The Labute approximate surface area is 114 Å². The molecule has 2 nitrogen and oxygen atoms in total. The lowest BCUT2D eigenvalue weighted by Gasteiger charge is -2.13. The van der Waals surface area contributed by atoms with Crippen LogP contribution in [0.15, 0.2) is 27.1 Å². The Morgan fingerprint density at radius 1 is 1.31 bits per heavy atom. The van der Waals surface area contributed by atoms with E-state index in [9.17, 15) is 0 Å². The van der Waals surface area contributed by atoms with E-state index in [2.05, 4.69) is 62.3 Å². The SMILES string of the molecule is COCCC(C)NCc1ccc(Br)c(Br)c1. The van der Waals surface area contributed by atoms with Crippen molar-refractivity contribution in [2.75, 3.05) is 13.7 Å². The van der Waals surface area contributed by atoms with Crippen molar-refractivity contribution in [3.8, 4) is 0 Å². The standard InChI is InChI=1S/C12H17Br2NO/c1-9(5-6-16-2)15-8-10-3-4-11(13)12(14)7-10/h3-4,7,9,15H,5-6,8H2,1-2H3. The van der Waals surface area contributed by atoms with Crippen molar-refractivity contribution in [1.29, 1.82) is 0 Å². The van der Waals surface area contributed by atoms with Gasteiger partial charge >= 0.3 is 0 Å². The molecule has 0 amide bonds. The molecule has 4 heteroatoms. The highest BCUT2D eigenvalue weighted by Crippen LogP contribution is 2.23. The second-order valence-electron chi connectivity index (χ2n) is 3.81. The van der Waals surface area contributed by atoms with Gasteiger partial charge in [0.25, 0.3) is 0 Å². The fourth-order valence-corrected chi connectivity index (χ4v) is 2.01. The molecule has 0 saturated carbocycles. The zero-order valence-corrected chi connectivity index (χ0v) is 12.8. The smallest absolute Gasteiger partial charge is 0.0476 e. The van der Waals surface area contributed by atoms with Crippen LogP contribution < -0.4 is 5.32 Å². The van der Waals surface area contributed by atoms with Gasteiger partial charge in [-0.1, -0.05) is 6.07 Å². The molecule has 0 heterocycles. The highest BCUT2D eigenvalue weighted by atomic mass is 79.9. The number of rotatable bonds is 6. The first-order valence-electron chi connectivity index (χ1n) is 5.29. The zero-order chi connectivity index (χ0) is 12.0. The highest BCUT2D eigenvalue weighted by Gasteiger charge is 2.02. The largest absolute Gasteiger partial charge is 0.385 e. The van der Waals surface area contributed by atoms with Crippen LogP contribution in [-0.4, -0.2) is 19.8 Å². The van der Waals surface area contributed by atoms with E-state index in [1.807, 2.05) is 0 Å². The number of halogens is 2. The van der Waals surface area contributed by atoms with Crippen LogP contribution in [0, 0.1) is 0 Å². The number of ether oxygens (including phenoxy) is 1. The molecule has 0 aliphatic heterocycles. The molecule has 1 N–H and O–H groups in total. The van der Waals surface area contributed by atoms with E-state index in [-0.39, 0.29) is 0 Å². The Morgan fingerprint density at radius 2 is 2.06 bits per heavy atom. The van der Waals surface area contributed by atoms with Gasteiger partial charge in [-0.3, -0.25) is 0 Å². The molecule has 0 fully saturated rings. The van der Waals surface area contributed by atoms with Crippen molar-refractivity contribution < 1.29 is 4.74 Å². The number of hydrogen-bond donors (Lipinski definition) is 1. The summed E-state index contributed by atoms with van der Waals surface area (Å²) in [7, 11) is 1.73. The number of hydrogen-bond acceptors (Lipinski definition) is 2. The van der Waals surface area contributed by atoms with Crippen LogP contribution in [0.3, 0.4) is 0 Å². The Hall–Kier alpha value is 0.1000. The van der Waals surface area contributed by atoms with Gasteiger partial charge in [0, 0.05) is 35.2 Å². The van der Waals surface area contributed by atoms with E-state index in [1.54, 1.807) is 7.11 Å². The average Bonchev–Trinajstić information content (AvgIpc) is 2.28. The summed E-state index contributed by atoms with van der Waals surface area (Å²) >= 11 is 6.96. The molecule has 90 valence electrons. The van der Waals surface area contributed by atoms with E-state index in [0.29, 0.717) is 6.04 Å². The summed E-state index contributed by atoms with van der Waals surface area (Å²) in [6.07, 6.45) is 1.04. The molecule has 0 radical (unpaired) electrons. The third kappa shape index (κ3) is 4.95. The normalized spacial score (nSPS) is 12.8. The van der Waals surface area contributed by atoms with E-state index in [1.165, 1.54) is 5.56 Å².